The van der Waals surface area contributed by atoms with Gasteiger partial charge in [-0.05, 0) is 60.7 Å². The fourth-order valence-corrected chi connectivity index (χ4v) is 3.61. The molecule has 0 spiro atoms. The minimum absolute atomic E-state index is 0.0433. The molecule has 0 saturated carbocycles. The van der Waals surface area contributed by atoms with Crippen LogP contribution in [0.3, 0.4) is 0 Å². The normalized spacial score (nSPS) is 18.0. The molecule has 1 fully saturated rings. The molecule has 0 N–H and O–H groups in total. The number of rotatable bonds is 3. The summed E-state index contributed by atoms with van der Waals surface area (Å²) in [7, 11) is 0. The molecule has 0 atom stereocenters. The van der Waals surface area contributed by atoms with Gasteiger partial charge in [-0.1, -0.05) is 41.4 Å². The van der Waals surface area contributed by atoms with E-state index in [0.29, 0.717) is 26.7 Å². The van der Waals surface area contributed by atoms with Crippen LogP contribution in [0, 0.1) is 0 Å². The Hall–Kier alpha value is -1.75. The van der Waals surface area contributed by atoms with Crippen molar-refractivity contribution in [1.29, 1.82) is 0 Å². The Morgan fingerprint density at radius 3 is 2.54 bits per heavy atom. The van der Waals surface area contributed by atoms with Crippen molar-refractivity contribution in [2.45, 2.75) is 6.92 Å². The maximum Gasteiger partial charge on any atom is 0.266 e. The number of nitrogens with zero attached hydrogens (tertiary/aromatic N) is 2. The first-order valence-electron chi connectivity index (χ1n) is 7.38. The van der Waals surface area contributed by atoms with E-state index in [9.17, 15) is 4.79 Å². The fraction of sp³-hybridized carbons (Fsp3) is 0.111. The van der Waals surface area contributed by atoms with Gasteiger partial charge in [0.2, 0.25) is 0 Å². The molecule has 3 rings (SSSR count). The number of carbonyl (C=O) groups excluding carboxylic acids is 1. The molecule has 0 radical (unpaired) electrons. The fourth-order valence-electron chi connectivity index (χ4n) is 2.24. The van der Waals surface area contributed by atoms with Crippen LogP contribution in [0.25, 0.3) is 6.08 Å². The summed E-state index contributed by atoms with van der Waals surface area (Å²) in [6, 6.07) is 14.6. The van der Waals surface area contributed by atoms with Crippen LogP contribution >= 0.6 is 35.0 Å². The number of benzene rings is 2. The maximum absolute atomic E-state index is 12.6. The lowest BCUT2D eigenvalue weighted by Crippen LogP contribution is -2.28. The molecule has 1 amide bonds. The van der Waals surface area contributed by atoms with E-state index in [1.807, 2.05) is 37.3 Å². The van der Waals surface area contributed by atoms with Crippen LogP contribution in [0.1, 0.15) is 12.5 Å². The molecule has 0 unspecified atom stereocenters. The van der Waals surface area contributed by atoms with Crippen molar-refractivity contribution in [1.82, 2.24) is 4.90 Å². The summed E-state index contributed by atoms with van der Waals surface area (Å²) in [5, 5.41) is 1.94. The number of amidine groups is 1. The van der Waals surface area contributed by atoms with E-state index in [1.54, 1.807) is 29.2 Å². The first-order valence-corrected chi connectivity index (χ1v) is 8.95. The van der Waals surface area contributed by atoms with Crippen LogP contribution in [-0.4, -0.2) is 22.5 Å². The third kappa shape index (κ3) is 3.83. The summed E-state index contributed by atoms with van der Waals surface area (Å²) < 4.78 is 0. The van der Waals surface area contributed by atoms with Gasteiger partial charge in [0.1, 0.15) is 0 Å². The molecule has 0 aromatic heterocycles. The Bertz CT molecular complexity index is 831. The lowest BCUT2D eigenvalue weighted by atomic mass is 10.2. The quantitative estimate of drug-likeness (QED) is 0.651. The first kappa shape index (κ1) is 17.1. The Labute approximate surface area is 155 Å². The number of halogens is 2. The van der Waals surface area contributed by atoms with Crippen molar-refractivity contribution in [3.05, 3.63) is 69.0 Å². The van der Waals surface area contributed by atoms with E-state index in [-0.39, 0.29) is 5.91 Å². The smallest absolute Gasteiger partial charge is 0.266 e. The second-order valence-corrected chi connectivity index (χ2v) is 6.97. The van der Waals surface area contributed by atoms with E-state index in [0.717, 1.165) is 11.3 Å². The summed E-state index contributed by atoms with van der Waals surface area (Å²) >= 11 is 13.3. The molecule has 1 saturated heterocycles. The van der Waals surface area contributed by atoms with Crippen molar-refractivity contribution in [3.8, 4) is 0 Å². The van der Waals surface area contributed by atoms with Gasteiger partial charge in [-0.3, -0.25) is 9.69 Å². The summed E-state index contributed by atoms with van der Waals surface area (Å²) in [6.07, 6.45) is 1.85. The predicted octanol–water partition coefficient (Wildman–Crippen LogP) is 5.62. The number of likely N-dealkylation sites (N-methyl/N-ethyl adjacent to an activating group) is 1. The zero-order chi connectivity index (χ0) is 17.1. The second-order valence-electron chi connectivity index (χ2n) is 5.09. The number of thioether (sulfide) groups is 1. The first-order chi connectivity index (χ1) is 11.6. The molecule has 1 aliphatic rings. The molecular formula is C18H14Cl2N2OS. The molecule has 24 heavy (non-hydrogen) atoms. The Morgan fingerprint density at radius 2 is 1.88 bits per heavy atom. The molecule has 0 bridgehead atoms. The molecule has 2 aromatic carbocycles. The van der Waals surface area contributed by atoms with Crippen molar-refractivity contribution >= 4 is 57.8 Å². The van der Waals surface area contributed by atoms with Crippen LogP contribution in [0.5, 0.6) is 0 Å². The second kappa shape index (κ2) is 7.43. The third-order valence-corrected chi connectivity index (χ3v) is 4.90. The Morgan fingerprint density at radius 1 is 1.12 bits per heavy atom. The number of amides is 1. The van der Waals surface area contributed by atoms with Crippen LogP contribution in [0.4, 0.5) is 5.69 Å². The number of hydrogen-bond acceptors (Lipinski definition) is 3. The van der Waals surface area contributed by atoms with E-state index >= 15 is 0 Å². The zero-order valence-corrected chi connectivity index (χ0v) is 15.2. The van der Waals surface area contributed by atoms with Crippen LogP contribution in [0.2, 0.25) is 10.0 Å². The van der Waals surface area contributed by atoms with Gasteiger partial charge in [0.25, 0.3) is 5.91 Å². The highest BCUT2D eigenvalue weighted by atomic mass is 35.5. The maximum atomic E-state index is 12.6. The summed E-state index contributed by atoms with van der Waals surface area (Å²) in [6.45, 7) is 2.49. The minimum Gasteiger partial charge on any atom is -0.287 e. The molecule has 6 heteroatoms. The van der Waals surface area contributed by atoms with Gasteiger partial charge in [0.15, 0.2) is 5.17 Å². The molecule has 1 heterocycles. The van der Waals surface area contributed by atoms with Crippen LogP contribution in [-0.2, 0) is 4.79 Å². The molecule has 2 aromatic rings. The van der Waals surface area contributed by atoms with Crippen molar-refractivity contribution in [3.63, 3.8) is 0 Å². The van der Waals surface area contributed by atoms with E-state index in [4.69, 9.17) is 23.2 Å². The van der Waals surface area contributed by atoms with Gasteiger partial charge in [0.05, 0.1) is 10.6 Å². The molecular weight excluding hydrogens is 363 g/mol. The standard InChI is InChI=1S/C18H14Cl2N2OS/c1-2-22-17(23)16(10-12-6-8-13(19)9-7-12)24-18(22)21-15-5-3-4-14(20)11-15/h3-11H,2H2,1H3/b16-10+,21-18?. The van der Waals surface area contributed by atoms with Gasteiger partial charge >= 0.3 is 0 Å². The van der Waals surface area contributed by atoms with E-state index in [1.165, 1.54) is 11.8 Å². The van der Waals surface area contributed by atoms with Gasteiger partial charge in [0, 0.05) is 16.6 Å². The Balaban J connectivity index is 1.92. The SMILES string of the molecule is CCN1C(=O)/C(=C\c2ccc(Cl)cc2)SC1=Nc1cccc(Cl)c1. The lowest BCUT2D eigenvalue weighted by Gasteiger charge is -2.11. The van der Waals surface area contributed by atoms with Gasteiger partial charge < -0.3 is 0 Å². The number of hydrogen-bond donors (Lipinski definition) is 0. The highest BCUT2D eigenvalue weighted by Gasteiger charge is 2.32. The summed E-state index contributed by atoms with van der Waals surface area (Å²) in [5.74, 6) is -0.0433. The van der Waals surface area contributed by atoms with Crippen LogP contribution < -0.4 is 0 Å². The van der Waals surface area contributed by atoms with Gasteiger partial charge in [-0.25, -0.2) is 4.99 Å². The topological polar surface area (TPSA) is 32.7 Å². The molecule has 122 valence electrons. The summed E-state index contributed by atoms with van der Waals surface area (Å²) in [5.41, 5.74) is 1.65. The average Bonchev–Trinajstić information content (AvgIpc) is 2.84. The molecule has 1 aliphatic heterocycles. The lowest BCUT2D eigenvalue weighted by molar-refractivity contribution is -0.122. The zero-order valence-electron chi connectivity index (χ0n) is 12.9. The minimum atomic E-state index is -0.0433. The Kier molecular flexibility index (Phi) is 5.29. The molecule has 3 nitrogen and oxygen atoms in total. The van der Waals surface area contributed by atoms with Gasteiger partial charge in [-0.15, -0.1) is 0 Å². The monoisotopic (exact) mass is 376 g/mol. The third-order valence-electron chi connectivity index (χ3n) is 3.41. The average molecular weight is 377 g/mol. The van der Waals surface area contributed by atoms with Gasteiger partial charge in [-0.2, -0.15) is 0 Å². The predicted molar refractivity (Wildman–Crippen MR) is 103 cm³/mol. The summed E-state index contributed by atoms with van der Waals surface area (Å²) in [4.78, 5) is 19.4. The highest BCUT2D eigenvalue weighted by molar-refractivity contribution is 8.18. The highest BCUT2D eigenvalue weighted by Crippen LogP contribution is 2.34. The largest absolute Gasteiger partial charge is 0.287 e. The van der Waals surface area contributed by atoms with E-state index in [2.05, 4.69) is 4.99 Å². The van der Waals surface area contributed by atoms with Crippen molar-refractivity contribution in [2.24, 2.45) is 4.99 Å². The number of aliphatic imine (C=N–C) groups is 1. The number of carbonyl (C=O) groups is 1. The van der Waals surface area contributed by atoms with Crippen LogP contribution in [0.15, 0.2) is 58.4 Å². The molecule has 0 aliphatic carbocycles. The van der Waals surface area contributed by atoms with Crippen molar-refractivity contribution < 1.29 is 4.79 Å². The van der Waals surface area contributed by atoms with Crippen molar-refractivity contribution in [2.75, 3.05) is 6.54 Å². The van der Waals surface area contributed by atoms with E-state index < -0.39 is 0 Å².